The Labute approximate surface area is 111 Å². The van der Waals surface area contributed by atoms with Crippen molar-refractivity contribution in [3.63, 3.8) is 0 Å². The maximum absolute atomic E-state index is 5.73. The molecule has 3 nitrogen and oxygen atoms in total. The van der Waals surface area contributed by atoms with Crippen LogP contribution in [0.15, 0.2) is 0 Å². The predicted molar refractivity (Wildman–Crippen MR) is 71.6 cm³/mol. The smallest absolute Gasteiger partial charge is 0.0933 e. The summed E-state index contributed by atoms with van der Waals surface area (Å²) in [5, 5.41) is 3.81. The number of nitrogens with one attached hydrogen (secondary N) is 1. The quantitative estimate of drug-likeness (QED) is 0.836. The topological polar surface area (TPSA) is 30.5 Å². The molecule has 1 saturated heterocycles. The van der Waals surface area contributed by atoms with Gasteiger partial charge in [-0.3, -0.25) is 0 Å². The SMILES string of the molecule is CC1(C)C(NCC2COCCO2)[C@]2(C)CC[C@H]1C2. The molecule has 4 atom stereocenters. The minimum atomic E-state index is 0.247. The second kappa shape index (κ2) is 4.46. The van der Waals surface area contributed by atoms with E-state index in [0.29, 0.717) is 16.9 Å². The number of ether oxygens (including phenoxy) is 2. The lowest BCUT2D eigenvalue weighted by molar-refractivity contribution is -0.0894. The first kappa shape index (κ1) is 12.9. The van der Waals surface area contributed by atoms with Gasteiger partial charge < -0.3 is 14.8 Å². The van der Waals surface area contributed by atoms with Crippen LogP contribution >= 0.6 is 0 Å². The van der Waals surface area contributed by atoms with Crippen molar-refractivity contribution in [3.8, 4) is 0 Å². The van der Waals surface area contributed by atoms with Crippen molar-refractivity contribution >= 4 is 0 Å². The van der Waals surface area contributed by atoms with Gasteiger partial charge in [-0.1, -0.05) is 20.8 Å². The molecule has 0 spiro atoms. The molecule has 2 saturated carbocycles. The fourth-order valence-corrected chi connectivity index (χ4v) is 4.72. The van der Waals surface area contributed by atoms with Crippen molar-refractivity contribution in [1.29, 1.82) is 0 Å². The zero-order chi connectivity index (χ0) is 12.8. The molecule has 2 bridgehead atoms. The lowest BCUT2D eigenvalue weighted by Gasteiger charge is -2.44. The summed E-state index contributed by atoms with van der Waals surface area (Å²) in [6.45, 7) is 10.6. The van der Waals surface area contributed by atoms with E-state index in [-0.39, 0.29) is 6.10 Å². The molecular weight excluding hydrogens is 226 g/mol. The van der Waals surface area contributed by atoms with Gasteiger partial charge in [0.05, 0.1) is 25.9 Å². The Morgan fingerprint density at radius 3 is 2.67 bits per heavy atom. The highest BCUT2D eigenvalue weighted by Crippen LogP contribution is 2.62. The third-order valence-corrected chi connectivity index (χ3v) is 5.70. The molecule has 1 N–H and O–H groups in total. The number of hydrogen-bond donors (Lipinski definition) is 1. The maximum Gasteiger partial charge on any atom is 0.0933 e. The van der Waals surface area contributed by atoms with Gasteiger partial charge in [0.2, 0.25) is 0 Å². The summed E-state index contributed by atoms with van der Waals surface area (Å²) in [4.78, 5) is 0. The molecule has 0 aromatic heterocycles. The van der Waals surface area contributed by atoms with Crippen LogP contribution in [0.1, 0.15) is 40.0 Å². The largest absolute Gasteiger partial charge is 0.376 e. The summed E-state index contributed by atoms with van der Waals surface area (Å²) in [6, 6.07) is 0.634. The molecule has 0 amide bonds. The lowest BCUT2D eigenvalue weighted by Crippen LogP contribution is -2.53. The van der Waals surface area contributed by atoms with Crippen molar-refractivity contribution in [2.75, 3.05) is 26.4 Å². The number of rotatable bonds is 3. The standard InChI is InChI=1S/C15H27NO2/c1-14(2)11-4-5-15(3,8-11)13(14)16-9-12-10-17-6-7-18-12/h11-13,16H,4-10H2,1-3H3/t11-,12?,13?,15+/m0/s1. The average molecular weight is 253 g/mol. The summed E-state index contributed by atoms with van der Waals surface area (Å²) in [6.07, 6.45) is 4.46. The number of hydrogen-bond acceptors (Lipinski definition) is 3. The molecule has 3 aliphatic rings. The van der Waals surface area contributed by atoms with Gasteiger partial charge in [0.15, 0.2) is 0 Å². The zero-order valence-corrected chi connectivity index (χ0v) is 12.0. The normalized spacial score (nSPS) is 46.5. The molecule has 3 fully saturated rings. The summed E-state index contributed by atoms with van der Waals surface area (Å²) in [5.41, 5.74) is 0.937. The first-order valence-corrected chi connectivity index (χ1v) is 7.45. The van der Waals surface area contributed by atoms with Crippen LogP contribution in [0.5, 0.6) is 0 Å². The van der Waals surface area contributed by atoms with Crippen LogP contribution in [0.25, 0.3) is 0 Å². The number of fused-ring (bicyclic) bond motifs is 2. The third kappa shape index (κ3) is 2.00. The molecule has 1 aliphatic heterocycles. The van der Waals surface area contributed by atoms with Gasteiger partial charge in [-0.25, -0.2) is 0 Å². The Hall–Kier alpha value is -0.120. The molecule has 3 rings (SSSR count). The summed E-state index contributed by atoms with van der Waals surface area (Å²) in [7, 11) is 0. The van der Waals surface area contributed by atoms with E-state index in [2.05, 4.69) is 26.1 Å². The van der Waals surface area contributed by atoms with Gasteiger partial charge in [0, 0.05) is 12.6 Å². The van der Waals surface area contributed by atoms with Crippen LogP contribution < -0.4 is 5.32 Å². The Kier molecular flexibility index (Phi) is 3.20. The molecule has 2 aliphatic carbocycles. The van der Waals surface area contributed by atoms with Crippen LogP contribution in [-0.2, 0) is 9.47 Å². The molecule has 0 aromatic carbocycles. The van der Waals surface area contributed by atoms with E-state index in [9.17, 15) is 0 Å². The summed E-state index contributed by atoms with van der Waals surface area (Å²) in [5.74, 6) is 0.906. The van der Waals surface area contributed by atoms with Gasteiger partial charge in [-0.15, -0.1) is 0 Å². The zero-order valence-electron chi connectivity index (χ0n) is 12.0. The minimum absolute atomic E-state index is 0.247. The summed E-state index contributed by atoms with van der Waals surface area (Å²) < 4.78 is 11.2. The van der Waals surface area contributed by atoms with E-state index in [1.165, 1.54) is 19.3 Å². The van der Waals surface area contributed by atoms with Crippen LogP contribution in [0, 0.1) is 16.7 Å². The first-order valence-electron chi connectivity index (χ1n) is 7.45. The Morgan fingerprint density at radius 2 is 2.06 bits per heavy atom. The molecule has 0 radical (unpaired) electrons. The first-order chi connectivity index (χ1) is 8.52. The lowest BCUT2D eigenvalue weighted by atomic mass is 9.68. The molecule has 18 heavy (non-hydrogen) atoms. The van der Waals surface area contributed by atoms with Crippen molar-refractivity contribution in [1.82, 2.24) is 5.32 Å². The van der Waals surface area contributed by atoms with Gasteiger partial charge in [0.25, 0.3) is 0 Å². The molecule has 104 valence electrons. The van der Waals surface area contributed by atoms with Crippen LogP contribution in [0.2, 0.25) is 0 Å². The second-order valence-corrected chi connectivity index (χ2v) is 7.32. The highest BCUT2D eigenvalue weighted by molar-refractivity contribution is 5.12. The van der Waals surface area contributed by atoms with E-state index in [4.69, 9.17) is 9.47 Å². The van der Waals surface area contributed by atoms with Crippen molar-refractivity contribution in [2.45, 2.75) is 52.2 Å². The second-order valence-electron chi connectivity index (χ2n) is 7.32. The Bertz CT molecular complexity index is 307. The van der Waals surface area contributed by atoms with Crippen LogP contribution in [0.3, 0.4) is 0 Å². The summed E-state index contributed by atoms with van der Waals surface area (Å²) >= 11 is 0. The van der Waals surface area contributed by atoms with Gasteiger partial charge in [-0.05, 0) is 36.0 Å². The highest BCUT2D eigenvalue weighted by Gasteiger charge is 2.58. The molecule has 1 heterocycles. The minimum Gasteiger partial charge on any atom is -0.376 e. The van der Waals surface area contributed by atoms with Crippen molar-refractivity contribution in [3.05, 3.63) is 0 Å². The predicted octanol–water partition coefficient (Wildman–Crippen LogP) is 2.21. The van der Waals surface area contributed by atoms with Gasteiger partial charge in [0.1, 0.15) is 0 Å². The fraction of sp³-hybridized carbons (Fsp3) is 1.00. The molecule has 0 aromatic rings. The Balaban J connectivity index is 1.61. The van der Waals surface area contributed by atoms with Crippen LogP contribution in [0.4, 0.5) is 0 Å². The van der Waals surface area contributed by atoms with Gasteiger partial charge in [-0.2, -0.15) is 0 Å². The van der Waals surface area contributed by atoms with Crippen molar-refractivity contribution < 1.29 is 9.47 Å². The fourth-order valence-electron chi connectivity index (χ4n) is 4.72. The molecule has 2 unspecified atom stereocenters. The average Bonchev–Trinajstić information content (AvgIpc) is 2.81. The third-order valence-electron chi connectivity index (χ3n) is 5.70. The highest BCUT2D eigenvalue weighted by atomic mass is 16.6. The molecular formula is C15H27NO2. The van der Waals surface area contributed by atoms with E-state index in [1.54, 1.807) is 0 Å². The van der Waals surface area contributed by atoms with Crippen molar-refractivity contribution in [2.24, 2.45) is 16.7 Å². The van der Waals surface area contributed by atoms with E-state index >= 15 is 0 Å². The van der Waals surface area contributed by atoms with E-state index < -0.39 is 0 Å². The van der Waals surface area contributed by atoms with E-state index in [0.717, 1.165) is 32.3 Å². The van der Waals surface area contributed by atoms with Gasteiger partial charge >= 0.3 is 0 Å². The maximum atomic E-state index is 5.73. The van der Waals surface area contributed by atoms with Crippen LogP contribution in [-0.4, -0.2) is 38.5 Å². The monoisotopic (exact) mass is 253 g/mol. The van der Waals surface area contributed by atoms with E-state index in [1.807, 2.05) is 0 Å². The Morgan fingerprint density at radius 1 is 1.22 bits per heavy atom. The molecule has 3 heteroatoms.